The van der Waals surface area contributed by atoms with E-state index in [-0.39, 0.29) is 0 Å². The van der Waals surface area contributed by atoms with Crippen LogP contribution in [-0.4, -0.2) is 26.3 Å². The van der Waals surface area contributed by atoms with Crippen molar-refractivity contribution in [2.45, 2.75) is 65.2 Å². The van der Waals surface area contributed by atoms with E-state index in [2.05, 4.69) is 48.7 Å². The zero-order chi connectivity index (χ0) is 21.3. The SMILES string of the molecule is CCCCCCOc1cccc(NCCNc2cccc(OCCCCCC)c2)c1. The lowest BCUT2D eigenvalue weighted by molar-refractivity contribution is 0.305. The molecule has 2 aromatic carbocycles. The van der Waals surface area contributed by atoms with Gasteiger partial charge in [-0.1, -0.05) is 64.5 Å². The quantitative estimate of drug-likeness (QED) is 0.271. The van der Waals surface area contributed by atoms with Crippen LogP contribution >= 0.6 is 0 Å². The zero-order valence-corrected chi connectivity index (χ0v) is 18.9. The maximum absolute atomic E-state index is 5.87. The number of hydrogen-bond acceptors (Lipinski definition) is 4. The molecule has 0 heterocycles. The summed E-state index contributed by atoms with van der Waals surface area (Å²) in [6.07, 6.45) is 9.80. The molecular weight excluding hydrogens is 372 g/mol. The highest BCUT2D eigenvalue weighted by atomic mass is 16.5. The third kappa shape index (κ3) is 10.4. The largest absolute Gasteiger partial charge is 0.494 e. The van der Waals surface area contributed by atoms with Gasteiger partial charge in [0.15, 0.2) is 0 Å². The molecule has 0 aliphatic heterocycles. The van der Waals surface area contributed by atoms with Crippen LogP contribution in [0.3, 0.4) is 0 Å². The minimum absolute atomic E-state index is 0.794. The van der Waals surface area contributed by atoms with Crippen molar-refractivity contribution in [3.05, 3.63) is 48.5 Å². The Bertz CT molecular complexity index is 631. The topological polar surface area (TPSA) is 42.5 Å². The first-order chi connectivity index (χ1) is 14.8. The molecule has 0 spiro atoms. The first-order valence-corrected chi connectivity index (χ1v) is 11.7. The van der Waals surface area contributed by atoms with Gasteiger partial charge in [0.2, 0.25) is 0 Å². The molecule has 2 N–H and O–H groups in total. The van der Waals surface area contributed by atoms with Crippen molar-refractivity contribution in [1.82, 2.24) is 0 Å². The van der Waals surface area contributed by atoms with E-state index in [0.717, 1.165) is 62.0 Å². The van der Waals surface area contributed by atoms with E-state index in [1.807, 2.05) is 24.3 Å². The van der Waals surface area contributed by atoms with Crippen LogP contribution in [0.15, 0.2) is 48.5 Å². The number of hydrogen-bond donors (Lipinski definition) is 2. The first kappa shape index (κ1) is 23.9. The molecule has 2 rings (SSSR count). The van der Waals surface area contributed by atoms with Gasteiger partial charge in [0, 0.05) is 36.6 Å². The molecule has 0 aliphatic carbocycles. The fraction of sp³-hybridized carbons (Fsp3) is 0.538. The fourth-order valence-corrected chi connectivity index (χ4v) is 3.24. The highest BCUT2D eigenvalue weighted by Crippen LogP contribution is 2.19. The van der Waals surface area contributed by atoms with Gasteiger partial charge in [-0.25, -0.2) is 0 Å². The van der Waals surface area contributed by atoms with Crippen LogP contribution in [0.1, 0.15) is 65.2 Å². The lowest BCUT2D eigenvalue weighted by Crippen LogP contribution is -2.13. The van der Waals surface area contributed by atoms with Crippen LogP contribution in [0.2, 0.25) is 0 Å². The average molecular weight is 413 g/mol. The Balaban J connectivity index is 1.65. The summed E-state index contributed by atoms with van der Waals surface area (Å²) in [4.78, 5) is 0. The van der Waals surface area contributed by atoms with E-state index in [0.29, 0.717) is 0 Å². The van der Waals surface area contributed by atoms with E-state index in [4.69, 9.17) is 9.47 Å². The standard InChI is InChI=1S/C26H40N2O2/c1-3-5-7-9-19-29-25-15-11-13-23(21-25)27-17-18-28-24-14-12-16-26(22-24)30-20-10-8-6-4-2/h11-16,21-22,27-28H,3-10,17-20H2,1-2H3. The van der Waals surface area contributed by atoms with Gasteiger partial charge in [-0.3, -0.25) is 0 Å². The molecule has 166 valence electrons. The van der Waals surface area contributed by atoms with E-state index in [1.54, 1.807) is 0 Å². The normalized spacial score (nSPS) is 10.6. The van der Waals surface area contributed by atoms with Gasteiger partial charge in [-0.15, -0.1) is 0 Å². The highest BCUT2D eigenvalue weighted by molar-refractivity contribution is 5.50. The summed E-state index contributed by atoms with van der Waals surface area (Å²) in [7, 11) is 0. The zero-order valence-electron chi connectivity index (χ0n) is 18.9. The monoisotopic (exact) mass is 412 g/mol. The predicted octanol–water partition coefficient (Wildman–Crippen LogP) is 7.13. The average Bonchev–Trinajstić information content (AvgIpc) is 2.77. The molecule has 0 aliphatic rings. The first-order valence-electron chi connectivity index (χ1n) is 11.7. The Labute approximate surface area is 183 Å². The number of unbranched alkanes of at least 4 members (excludes halogenated alkanes) is 6. The molecule has 4 heteroatoms. The lowest BCUT2D eigenvalue weighted by Gasteiger charge is -2.12. The molecule has 0 atom stereocenters. The predicted molar refractivity (Wildman–Crippen MR) is 129 cm³/mol. The maximum Gasteiger partial charge on any atom is 0.121 e. The molecule has 30 heavy (non-hydrogen) atoms. The molecule has 4 nitrogen and oxygen atoms in total. The molecular formula is C26H40N2O2. The molecule has 0 amide bonds. The smallest absolute Gasteiger partial charge is 0.121 e. The summed E-state index contributed by atoms with van der Waals surface area (Å²) in [6, 6.07) is 16.4. The molecule has 2 aromatic rings. The van der Waals surface area contributed by atoms with Crippen molar-refractivity contribution < 1.29 is 9.47 Å². The molecule has 0 radical (unpaired) electrons. The number of benzene rings is 2. The van der Waals surface area contributed by atoms with Crippen LogP contribution < -0.4 is 20.1 Å². The minimum Gasteiger partial charge on any atom is -0.494 e. The Kier molecular flexibility index (Phi) is 12.3. The molecule has 0 fully saturated rings. The Hall–Kier alpha value is -2.36. The van der Waals surface area contributed by atoms with Gasteiger partial charge in [0.05, 0.1) is 13.2 Å². The minimum atomic E-state index is 0.794. The lowest BCUT2D eigenvalue weighted by atomic mass is 10.2. The van der Waals surface area contributed by atoms with Crippen LogP contribution in [0.4, 0.5) is 11.4 Å². The third-order valence-corrected chi connectivity index (χ3v) is 4.98. The number of anilines is 2. The van der Waals surface area contributed by atoms with E-state index in [9.17, 15) is 0 Å². The van der Waals surface area contributed by atoms with Crippen molar-refractivity contribution in [1.29, 1.82) is 0 Å². The van der Waals surface area contributed by atoms with Gasteiger partial charge in [0.25, 0.3) is 0 Å². The summed E-state index contributed by atoms with van der Waals surface area (Å²) in [6.45, 7) is 7.71. The van der Waals surface area contributed by atoms with Gasteiger partial charge >= 0.3 is 0 Å². The van der Waals surface area contributed by atoms with Gasteiger partial charge in [0.1, 0.15) is 11.5 Å². The molecule has 0 saturated carbocycles. The highest BCUT2D eigenvalue weighted by Gasteiger charge is 1.99. The van der Waals surface area contributed by atoms with Crippen LogP contribution in [0.25, 0.3) is 0 Å². The van der Waals surface area contributed by atoms with E-state index in [1.165, 1.54) is 38.5 Å². The van der Waals surface area contributed by atoms with Crippen LogP contribution in [0, 0.1) is 0 Å². The van der Waals surface area contributed by atoms with Crippen LogP contribution in [0.5, 0.6) is 11.5 Å². The second-order valence-electron chi connectivity index (χ2n) is 7.73. The second-order valence-corrected chi connectivity index (χ2v) is 7.73. The molecule has 0 saturated heterocycles. The van der Waals surface area contributed by atoms with Gasteiger partial charge in [-0.05, 0) is 37.1 Å². The van der Waals surface area contributed by atoms with E-state index < -0.39 is 0 Å². The number of rotatable bonds is 17. The molecule has 0 aromatic heterocycles. The summed E-state index contributed by atoms with van der Waals surface area (Å²) < 4.78 is 11.7. The Morgan fingerprint density at radius 2 is 1.07 bits per heavy atom. The fourth-order valence-electron chi connectivity index (χ4n) is 3.24. The van der Waals surface area contributed by atoms with Crippen molar-refractivity contribution in [3.63, 3.8) is 0 Å². The van der Waals surface area contributed by atoms with Crippen molar-refractivity contribution in [2.75, 3.05) is 36.9 Å². The van der Waals surface area contributed by atoms with Crippen molar-refractivity contribution >= 4 is 11.4 Å². The van der Waals surface area contributed by atoms with E-state index >= 15 is 0 Å². The maximum atomic E-state index is 5.87. The summed E-state index contributed by atoms with van der Waals surface area (Å²) >= 11 is 0. The summed E-state index contributed by atoms with van der Waals surface area (Å²) in [5.74, 6) is 1.88. The third-order valence-electron chi connectivity index (χ3n) is 4.98. The Morgan fingerprint density at radius 1 is 0.600 bits per heavy atom. The summed E-state index contributed by atoms with van der Waals surface area (Å²) in [5.41, 5.74) is 2.18. The number of ether oxygens (including phenoxy) is 2. The Morgan fingerprint density at radius 3 is 1.50 bits per heavy atom. The van der Waals surface area contributed by atoms with Crippen molar-refractivity contribution in [2.24, 2.45) is 0 Å². The second kappa shape index (κ2) is 15.5. The molecule has 0 bridgehead atoms. The molecule has 0 unspecified atom stereocenters. The van der Waals surface area contributed by atoms with Gasteiger partial charge < -0.3 is 20.1 Å². The van der Waals surface area contributed by atoms with Gasteiger partial charge in [-0.2, -0.15) is 0 Å². The van der Waals surface area contributed by atoms with Crippen molar-refractivity contribution in [3.8, 4) is 11.5 Å². The van der Waals surface area contributed by atoms with Crippen LogP contribution in [-0.2, 0) is 0 Å². The summed E-state index contributed by atoms with van der Waals surface area (Å²) in [5, 5.41) is 6.92. The number of nitrogens with one attached hydrogen (secondary N) is 2.